The van der Waals surface area contributed by atoms with Gasteiger partial charge in [-0.05, 0) is 38.1 Å². The molecule has 0 fully saturated rings. The number of nitrogens with one attached hydrogen (secondary N) is 1. The van der Waals surface area contributed by atoms with Crippen LogP contribution in [0.2, 0.25) is 0 Å². The van der Waals surface area contributed by atoms with Gasteiger partial charge >= 0.3 is 0 Å². The monoisotopic (exact) mass is 340 g/mol. The van der Waals surface area contributed by atoms with E-state index in [9.17, 15) is 4.79 Å². The highest BCUT2D eigenvalue weighted by Crippen LogP contribution is 2.16. The van der Waals surface area contributed by atoms with E-state index in [1.54, 1.807) is 19.1 Å². The molecule has 1 N–H and O–H groups in total. The second-order valence-electron chi connectivity index (χ2n) is 5.48. The van der Waals surface area contributed by atoms with Gasteiger partial charge in [-0.3, -0.25) is 4.79 Å². The highest BCUT2D eigenvalue weighted by atomic mass is 16.5. The molecule has 0 spiro atoms. The number of hydrogen-bond donors (Lipinski definition) is 1. The van der Waals surface area contributed by atoms with Crippen LogP contribution < -0.4 is 10.1 Å². The van der Waals surface area contributed by atoms with Crippen LogP contribution in [0.25, 0.3) is 11.5 Å². The molecule has 0 radical (unpaired) electrons. The summed E-state index contributed by atoms with van der Waals surface area (Å²) < 4.78 is 12.8. The van der Waals surface area contributed by atoms with Gasteiger partial charge in [0.05, 0.1) is 12.2 Å². The van der Waals surface area contributed by atoms with Crippen LogP contribution in [0.5, 0.6) is 5.75 Å². The third-order valence-corrected chi connectivity index (χ3v) is 3.71. The first-order chi connectivity index (χ1) is 12.2. The zero-order valence-electron chi connectivity index (χ0n) is 14.2. The van der Waals surface area contributed by atoms with Crippen LogP contribution in [0.15, 0.2) is 53.2 Å². The van der Waals surface area contributed by atoms with Crippen molar-refractivity contribution in [1.82, 2.24) is 20.0 Å². The number of benzene rings is 1. The first-order valence-electron chi connectivity index (χ1n) is 8.15. The van der Waals surface area contributed by atoms with E-state index in [1.165, 1.54) is 0 Å². The molecule has 7 heteroatoms. The number of aromatic nitrogens is 3. The van der Waals surface area contributed by atoms with Crippen LogP contribution in [0.3, 0.4) is 0 Å². The first-order valence-corrected chi connectivity index (χ1v) is 8.15. The van der Waals surface area contributed by atoms with Gasteiger partial charge in [-0.2, -0.15) is 4.98 Å². The molecule has 0 saturated heterocycles. The predicted octanol–water partition coefficient (Wildman–Crippen LogP) is 2.64. The van der Waals surface area contributed by atoms with Crippen LogP contribution in [0.1, 0.15) is 19.7 Å². The summed E-state index contributed by atoms with van der Waals surface area (Å²) in [7, 11) is 0. The molecule has 25 heavy (non-hydrogen) atoms. The zero-order valence-corrected chi connectivity index (χ0v) is 14.2. The Bertz CT molecular complexity index is 826. The van der Waals surface area contributed by atoms with Crippen molar-refractivity contribution >= 4 is 5.91 Å². The fourth-order valence-electron chi connectivity index (χ4n) is 2.39. The summed E-state index contributed by atoms with van der Waals surface area (Å²) in [6.45, 7) is 4.70. The molecule has 3 rings (SSSR count). The molecule has 0 bridgehead atoms. The van der Waals surface area contributed by atoms with Crippen LogP contribution in [-0.2, 0) is 17.9 Å². The summed E-state index contributed by atoms with van der Waals surface area (Å²) in [6, 6.07) is 13.1. The number of amides is 1. The third-order valence-electron chi connectivity index (χ3n) is 3.71. The van der Waals surface area contributed by atoms with E-state index in [-0.39, 0.29) is 12.5 Å². The van der Waals surface area contributed by atoms with E-state index in [1.807, 2.05) is 48.0 Å². The largest absolute Gasteiger partial charge is 0.481 e. The molecule has 0 aliphatic carbocycles. The zero-order chi connectivity index (χ0) is 17.6. The minimum atomic E-state index is -0.623. The maximum atomic E-state index is 12.1. The Morgan fingerprint density at radius 2 is 2.08 bits per heavy atom. The topological polar surface area (TPSA) is 82.2 Å². The van der Waals surface area contributed by atoms with Crippen molar-refractivity contribution in [3.63, 3.8) is 0 Å². The predicted molar refractivity (Wildman–Crippen MR) is 91.8 cm³/mol. The van der Waals surface area contributed by atoms with E-state index in [0.29, 0.717) is 17.5 Å². The maximum absolute atomic E-state index is 12.1. The summed E-state index contributed by atoms with van der Waals surface area (Å²) in [5.41, 5.74) is 0.879. The molecule has 0 saturated carbocycles. The summed E-state index contributed by atoms with van der Waals surface area (Å²) >= 11 is 0. The van der Waals surface area contributed by atoms with Crippen molar-refractivity contribution in [2.45, 2.75) is 33.0 Å². The smallest absolute Gasteiger partial charge is 0.261 e. The molecule has 1 aromatic carbocycles. The van der Waals surface area contributed by atoms with E-state index < -0.39 is 6.10 Å². The molecule has 2 heterocycles. The molecule has 3 aromatic rings. The minimum Gasteiger partial charge on any atom is -0.481 e. The number of para-hydroxylation sites is 1. The molecule has 0 aliphatic heterocycles. The number of carbonyl (C=O) groups excluding carboxylic acids is 1. The van der Waals surface area contributed by atoms with Crippen molar-refractivity contribution in [2.75, 3.05) is 0 Å². The van der Waals surface area contributed by atoms with Crippen LogP contribution >= 0.6 is 0 Å². The fourth-order valence-corrected chi connectivity index (χ4v) is 2.39. The maximum Gasteiger partial charge on any atom is 0.261 e. The normalized spacial score (nSPS) is 11.9. The summed E-state index contributed by atoms with van der Waals surface area (Å²) in [4.78, 5) is 16.4. The highest BCUT2D eigenvalue weighted by Gasteiger charge is 2.17. The summed E-state index contributed by atoms with van der Waals surface area (Å²) in [6.07, 6.45) is 1.33. The average Bonchev–Trinajstić information content (AvgIpc) is 3.29. The third kappa shape index (κ3) is 4.06. The lowest BCUT2D eigenvalue weighted by Gasteiger charge is -2.13. The van der Waals surface area contributed by atoms with E-state index in [0.717, 1.165) is 12.2 Å². The van der Waals surface area contributed by atoms with Crippen molar-refractivity contribution in [3.8, 4) is 17.3 Å². The lowest BCUT2D eigenvalue weighted by atomic mass is 10.3. The van der Waals surface area contributed by atoms with Gasteiger partial charge in [0.2, 0.25) is 11.7 Å². The van der Waals surface area contributed by atoms with Gasteiger partial charge in [0.1, 0.15) is 5.75 Å². The number of hydrogen-bond acceptors (Lipinski definition) is 5. The molecule has 1 atom stereocenters. The molecular weight excluding hydrogens is 320 g/mol. The molecule has 1 unspecified atom stereocenters. The lowest BCUT2D eigenvalue weighted by Crippen LogP contribution is -2.35. The van der Waals surface area contributed by atoms with Crippen LogP contribution in [0, 0.1) is 0 Å². The standard InChI is InChI=1S/C18H20N4O3/c1-3-22-11-7-10-15(22)17-20-16(25-21-17)12-19-18(23)13(2)24-14-8-5-4-6-9-14/h4-11,13H,3,12H2,1-2H3,(H,19,23). The number of ether oxygens (including phenoxy) is 1. The SMILES string of the molecule is CCn1cccc1-c1noc(CNC(=O)C(C)Oc2ccccc2)n1. The highest BCUT2D eigenvalue weighted by molar-refractivity contribution is 5.80. The number of nitrogens with zero attached hydrogens (tertiary/aromatic N) is 3. The van der Waals surface area contributed by atoms with Gasteiger partial charge in [-0.1, -0.05) is 23.4 Å². The molecule has 2 aromatic heterocycles. The second kappa shape index (κ2) is 7.65. The van der Waals surface area contributed by atoms with E-state index >= 15 is 0 Å². The van der Waals surface area contributed by atoms with Crippen molar-refractivity contribution in [3.05, 3.63) is 54.6 Å². The Morgan fingerprint density at radius 3 is 2.84 bits per heavy atom. The van der Waals surface area contributed by atoms with Gasteiger partial charge in [0.15, 0.2) is 6.10 Å². The Hall–Kier alpha value is -3.09. The van der Waals surface area contributed by atoms with Crippen LogP contribution in [0.4, 0.5) is 0 Å². The first kappa shape index (κ1) is 16.8. The molecule has 0 aliphatic rings. The molecule has 7 nitrogen and oxygen atoms in total. The van der Waals surface area contributed by atoms with Gasteiger partial charge in [-0.25, -0.2) is 0 Å². The number of aryl methyl sites for hydroxylation is 1. The molecule has 1 amide bonds. The molecule has 130 valence electrons. The molecular formula is C18H20N4O3. The average molecular weight is 340 g/mol. The Balaban J connectivity index is 1.56. The number of carbonyl (C=O) groups is 1. The van der Waals surface area contributed by atoms with Crippen molar-refractivity contribution < 1.29 is 14.1 Å². The van der Waals surface area contributed by atoms with Gasteiger partial charge in [-0.15, -0.1) is 0 Å². The Morgan fingerprint density at radius 1 is 1.28 bits per heavy atom. The van der Waals surface area contributed by atoms with Gasteiger partial charge in [0.25, 0.3) is 5.91 Å². The van der Waals surface area contributed by atoms with Crippen molar-refractivity contribution in [2.24, 2.45) is 0 Å². The quantitative estimate of drug-likeness (QED) is 0.715. The van der Waals surface area contributed by atoms with Crippen molar-refractivity contribution in [1.29, 1.82) is 0 Å². The summed E-state index contributed by atoms with van der Waals surface area (Å²) in [5.74, 6) is 1.25. The van der Waals surface area contributed by atoms with E-state index in [4.69, 9.17) is 9.26 Å². The van der Waals surface area contributed by atoms with Crippen LogP contribution in [-0.4, -0.2) is 26.7 Å². The Kier molecular flexibility index (Phi) is 5.13. The number of rotatable bonds is 7. The lowest BCUT2D eigenvalue weighted by molar-refractivity contribution is -0.127. The van der Waals surface area contributed by atoms with Gasteiger partial charge < -0.3 is 19.1 Å². The fraction of sp³-hybridized carbons (Fsp3) is 0.278. The van der Waals surface area contributed by atoms with Gasteiger partial charge in [0, 0.05) is 12.7 Å². The Labute approximate surface area is 145 Å². The second-order valence-corrected chi connectivity index (χ2v) is 5.48. The van der Waals surface area contributed by atoms with E-state index in [2.05, 4.69) is 15.5 Å². The minimum absolute atomic E-state index is 0.154. The summed E-state index contributed by atoms with van der Waals surface area (Å²) in [5, 5.41) is 6.71.